The molecule has 0 saturated carbocycles. The van der Waals surface area contributed by atoms with Crippen LogP contribution < -0.4 is 4.74 Å². The van der Waals surface area contributed by atoms with Gasteiger partial charge in [-0.25, -0.2) is 0 Å². The molecule has 0 aliphatic rings. The van der Waals surface area contributed by atoms with Crippen molar-refractivity contribution in [2.75, 3.05) is 7.11 Å². The predicted molar refractivity (Wildman–Crippen MR) is 63.9 cm³/mol. The summed E-state index contributed by atoms with van der Waals surface area (Å²) in [6.45, 7) is 1.89. The standard InChI is InChI=1S/C13H17F3O3/c1-3-12(18-2)11(17)8-9-4-6-10(7-5-9)19-13(14,15)16/h4-7,11-12,17H,3,8H2,1-2H3. The van der Waals surface area contributed by atoms with E-state index in [0.29, 0.717) is 12.8 Å². The van der Waals surface area contributed by atoms with Gasteiger partial charge in [0.05, 0.1) is 12.2 Å². The van der Waals surface area contributed by atoms with Gasteiger partial charge < -0.3 is 14.6 Å². The van der Waals surface area contributed by atoms with E-state index in [2.05, 4.69) is 4.74 Å². The molecule has 19 heavy (non-hydrogen) atoms. The van der Waals surface area contributed by atoms with E-state index in [-0.39, 0.29) is 11.9 Å². The van der Waals surface area contributed by atoms with Crippen molar-refractivity contribution in [2.24, 2.45) is 0 Å². The summed E-state index contributed by atoms with van der Waals surface area (Å²) in [6.07, 6.45) is -4.69. The second-order valence-electron chi connectivity index (χ2n) is 4.15. The summed E-state index contributed by atoms with van der Waals surface area (Å²) in [6, 6.07) is 5.44. The molecule has 2 unspecified atom stereocenters. The van der Waals surface area contributed by atoms with Crippen LogP contribution in [0.5, 0.6) is 5.75 Å². The maximum atomic E-state index is 12.0. The lowest BCUT2D eigenvalue weighted by molar-refractivity contribution is -0.274. The molecule has 0 bridgehead atoms. The van der Waals surface area contributed by atoms with Crippen molar-refractivity contribution in [3.05, 3.63) is 29.8 Å². The van der Waals surface area contributed by atoms with Crippen LogP contribution in [0.25, 0.3) is 0 Å². The Morgan fingerprint density at radius 2 is 1.79 bits per heavy atom. The number of hydrogen-bond donors (Lipinski definition) is 1. The Morgan fingerprint density at radius 1 is 1.21 bits per heavy atom. The van der Waals surface area contributed by atoms with Crippen LogP contribution in [0.1, 0.15) is 18.9 Å². The van der Waals surface area contributed by atoms with Crippen molar-refractivity contribution in [3.8, 4) is 5.75 Å². The first kappa shape index (κ1) is 15.8. The quantitative estimate of drug-likeness (QED) is 0.869. The van der Waals surface area contributed by atoms with Crippen LogP contribution in [0, 0.1) is 0 Å². The Balaban J connectivity index is 2.62. The van der Waals surface area contributed by atoms with Gasteiger partial charge in [-0.05, 0) is 24.1 Å². The van der Waals surface area contributed by atoms with Crippen LogP contribution in [0.2, 0.25) is 0 Å². The molecule has 6 heteroatoms. The van der Waals surface area contributed by atoms with E-state index in [9.17, 15) is 18.3 Å². The minimum atomic E-state index is -4.69. The van der Waals surface area contributed by atoms with E-state index in [4.69, 9.17) is 4.74 Å². The molecule has 0 aliphatic carbocycles. The van der Waals surface area contributed by atoms with Gasteiger partial charge in [0.2, 0.25) is 0 Å². The highest BCUT2D eigenvalue weighted by molar-refractivity contribution is 5.27. The Hall–Kier alpha value is -1.27. The van der Waals surface area contributed by atoms with Gasteiger partial charge in [-0.3, -0.25) is 0 Å². The van der Waals surface area contributed by atoms with Crippen LogP contribution in [0.4, 0.5) is 13.2 Å². The van der Waals surface area contributed by atoms with E-state index in [1.165, 1.54) is 31.4 Å². The lowest BCUT2D eigenvalue weighted by Crippen LogP contribution is -2.29. The van der Waals surface area contributed by atoms with Crippen LogP contribution in [-0.4, -0.2) is 30.8 Å². The summed E-state index contributed by atoms with van der Waals surface area (Å²) in [5, 5.41) is 9.88. The molecule has 0 saturated heterocycles. The van der Waals surface area contributed by atoms with Gasteiger partial charge in [0.15, 0.2) is 0 Å². The first-order chi connectivity index (χ1) is 8.85. The number of benzene rings is 1. The molecule has 0 radical (unpaired) electrons. The summed E-state index contributed by atoms with van der Waals surface area (Å²) in [5.41, 5.74) is 0.720. The average molecular weight is 278 g/mol. The number of ether oxygens (including phenoxy) is 2. The van der Waals surface area contributed by atoms with Crippen molar-refractivity contribution < 1.29 is 27.8 Å². The molecule has 1 rings (SSSR count). The molecule has 1 aromatic rings. The number of hydrogen-bond acceptors (Lipinski definition) is 3. The zero-order chi connectivity index (χ0) is 14.5. The minimum Gasteiger partial charge on any atom is -0.406 e. The third-order valence-electron chi connectivity index (χ3n) is 2.74. The van der Waals surface area contributed by atoms with Gasteiger partial charge in [0.25, 0.3) is 0 Å². The van der Waals surface area contributed by atoms with Gasteiger partial charge in [-0.1, -0.05) is 19.1 Å². The van der Waals surface area contributed by atoms with Crippen molar-refractivity contribution in [1.82, 2.24) is 0 Å². The summed E-state index contributed by atoms with van der Waals surface area (Å²) < 4.78 is 44.8. The lowest BCUT2D eigenvalue weighted by Gasteiger charge is -2.20. The molecular weight excluding hydrogens is 261 g/mol. The fourth-order valence-electron chi connectivity index (χ4n) is 1.80. The second-order valence-corrected chi connectivity index (χ2v) is 4.15. The van der Waals surface area contributed by atoms with Crippen LogP contribution >= 0.6 is 0 Å². The van der Waals surface area contributed by atoms with Gasteiger partial charge in [-0.15, -0.1) is 13.2 Å². The second kappa shape index (κ2) is 6.77. The topological polar surface area (TPSA) is 38.7 Å². The average Bonchev–Trinajstić information content (AvgIpc) is 2.31. The fourth-order valence-corrected chi connectivity index (χ4v) is 1.80. The molecule has 108 valence electrons. The summed E-state index contributed by atoms with van der Waals surface area (Å²) in [4.78, 5) is 0. The molecule has 1 N–H and O–H groups in total. The fraction of sp³-hybridized carbons (Fsp3) is 0.538. The molecule has 0 aromatic heterocycles. The van der Waals surface area contributed by atoms with E-state index in [1.54, 1.807) is 0 Å². The molecule has 0 amide bonds. The third-order valence-corrected chi connectivity index (χ3v) is 2.74. The first-order valence-electron chi connectivity index (χ1n) is 5.91. The minimum absolute atomic E-state index is 0.274. The molecule has 3 nitrogen and oxygen atoms in total. The number of rotatable bonds is 6. The van der Waals surface area contributed by atoms with Crippen molar-refractivity contribution in [2.45, 2.75) is 38.3 Å². The monoisotopic (exact) mass is 278 g/mol. The van der Waals surface area contributed by atoms with Crippen molar-refractivity contribution >= 4 is 0 Å². The normalized spacial score (nSPS) is 15.1. The SMILES string of the molecule is CCC(OC)C(O)Cc1ccc(OC(F)(F)F)cc1. The molecule has 0 heterocycles. The van der Waals surface area contributed by atoms with Gasteiger partial charge in [0, 0.05) is 13.5 Å². The molecule has 1 aromatic carbocycles. The summed E-state index contributed by atoms with van der Waals surface area (Å²) in [7, 11) is 1.51. The van der Waals surface area contributed by atoms with Crippen molar-refractivity contribution in [1.29, 1.82) is 0 Å². The predicted octanol–water partition coefficient (Wildman–Crippen LogP) is 2.91. The molecule has 0 spiro atoms. The lowest BCUT2D eigenvalue weighted by atomic mass is 10.0. The van der Waals surface area contributed by atoms with Crippen LogP contribution in [0.15, 0.2) is 24.3 Å². The Labute approximate surface area is 110 Å². The van der Waals surface area contributed by atoms with Crippen LogP contribution in [-0.2, 0) is 11.2 Å². The number of methoxy groups -OCH3 is 1. The van der Waals surface area contributed by atoms with Gasteiger partial charge in [-0.2, -0.15) is 0 Å². The highest BCUT2D eigenvalue weighted by Gasteiger charge is 2.31. The maximum Gasteiger partial charge on any atom is 0.573 e. The molecule has 2 atom stereocenters. The Morgan fingerprint density at radius 3 is 2.21 bits per heavy atom. The molecule has 0 fully saturated rings. The Bertz CT molecular complexity index is 372. The highest BCUT2D eigenvalue weighted by Crippen LogP contribution is 2.23. The zero-order valence-corrected chi connectivity index (χ0v) is 10.8. The molecular formula is C13H17F3O3. The summed E-state index contributed by atoms with van der Waals surface area (Å²) in [5.74, 6) is -0.274. The van der Waals surface area contributed by atoms with Crippen molar-refractivity contribution in [3.63, 3.8) is 0 Å². The Kier molecular flexibility index (Phi) is 5.62. The van der Waals surface area contributed by atoms with E-state index >= 15 is 0 Å². The van der Waals surface area contributed by atoms with Crippen LogP contribution in [0.3, 0.4) is 0 Å². The largest absolute Gasteiger partial charge is 0.573 e. The maximum absolute atomic E-state index is 12.0. The third kappa shape index (κ3) is 5.48. The molecule has 0 aliphatic heterocycles. The smallest absolute Gasteiger partial charge is 0.406 e. The van der Waals surface area contributed by atoms with Gasteiger partial charge >= 0.3 is 6.36 Å². The number of aliphatic hydroxyl groups is 1. The van der Waals surface area contributed by atoms with Gasteiger partial charge in [0.1, 0.15) is 5.75 Å². The highest BCUT2D eigenvalue weighted by atomic mass is 19.4. The summed E-state index contributed by atoms with van der Waals surface area (Å²) >= 11 is 0. The number of halogens is 3. The van der Waals surface area contributed by atoms with E-state index in [0.717, 1.165) is 5.56 Å². The zero-order valence-electron chi connectivity index (χ0n) is 10.8. The van der Waals surface area contributed by atoms with E-state index < -0.39 is 12.5 Å². The first-order valence-corrected chi connectivity index (χ1v) is 5.91. The van der Waals surface area contributed by atoms with E-state index in [1.807, 2.05) is 6.92 Å². The number of alkyl halides is 3. The number of aliphatic hydroxyl groups excluding tert-OH is 1.